The van der Waals surface area contributed by atoms with Gasteiger partial charge in [0.2, 0.25) is 17.7 Å². The number of likely N-dealkylation sites (tertiary alicyclic amines) is 1. The van der Waals surface area contributed by atoms with Crippen molar-refractivity contribution in [1.82, 2.24) is 15.2 Å². The molecule has 0 atom stereocenters. The predicted octanol–water partition coefficient (Wildman–Crippen LogP) is 2.92. The molecule has 3 rings (SSSR count). The van der Waals surface area contributed by atoms with Gasteiger partial charge in [-0.2, -0.15) is 0 Å². The number of aromatic nitrogens is 1. The van der Waals surface area contributed by atoms with Crippen molar-refractivity contribution in [3.8, 4) is 0 Å². The van der Waals surface area contributed by atoms with Crippen LogP contribution in [0.2, 0.25) is 0 Å². The van der Waals surface area contributed by atoms with Crippen molar-refractivity contribution in [3.63, 3.8) is 0 Å². The molecule has 3 amide bonds. The number of imide groups is 1. The third kappa shape index (κ3) is 6.10. The SMILES string of the molecule is O=C(/C=C/c1cccnc1)NCCCCN1C(=O)CC(c2ccccc2)CC1=O. The summed E-state index contributed by atoms with van der Waals surface area (Å²) in [6.45, 7) is 0.902. The number of hydrogen-bond donors (Lipinski definition) is 1. The predicted molar refractivity (Wildman–Crippen MR) is 111 cm³/mol. The molecule has 2 aromatic rings. The Kier molecular flexibility index (Phi) is 7.28. The number of hydrogen-bond acceptors (Lipinski definition) is 4. The highest BCUT2D eigenvalue weighted by Crippen LogP contribution is 2.29. The van der Waals surface area contributed by atoms with E-state index < -0.39 is 0 Å². The largest absolute Gasteiger partial charge is 0.353 e. The summed E-state index contributed by atoms with van der Waals surface area (Å²) < 4.78 is 0. The summed E-state index contributed by atoms with van der Waals surface area (Å²) in [7, 11) is 0. The van der Waals surface area contributed by atoms with E-state index in [9.17, 15) is 14.4 Å². The molecule has 1 fully saturated rings. The van der Waals surface area contributed by atoms with Crippen LogP contribution >= 0.6 is 0 Å². The first-order valence-corrected chi connectivity index (χ1v) is 9.87. The highest BCUT2D eigenvalue weighted by molar-refractivity contribution is 5.98. The Balaban J connectivity index is 1.36. The maximum absolute atomic E-state index is 12.4. The molecular formula is C23H25N3O3. The van der Waals surface area contributed by atoms with Crippen LogP contribution in [0.25, 0.3) is 6.08 Å². The van der Waals surface area contributed by atoms with E-state index in [0.717, 1.165) is 11.1 Å². The van der Waals surface area contributed by atoms with Crippen molar-refractivity contribution in [3.05, 3.63) is 72.1 Å². The molecule has 150 valence electrons. The molecule has 29 heavy (non-hydrogen) atoms. The Morgan fingerprint density at radius 1 is 1.07 bits per heavy atom. The first-order valence-electron chi connectivity index (χ1n) is 9.87. The van der Waals surface area contributed by atoms with Gasteiger partial charge in [-0.25, -0.2) is 0 Å². The van der Waals surface area contributed by atoms with Crippen LogP contribution < -0.4 is 5.32 Å². The number of pyridine rings is 1. The molecule has 1 aliphatic rings. The van der Waals surface area contributed by atoms with Crippen LogP contribution in [0.5, 0.6) is 0 Å². The second-order valence-corrected chi connectivity index (χ2v) is 7.07. The van der Waals surface area contributed by atoms with Gasteiger partial charge in [-0.05, 0) is 36.1 Å². The summed E-state index contributed by atoms with van der Waals surface area (Å²) in [6, 6.07) is 13.4. The number of nitrogens with one attached hydrogen (secondary N) is 1. The van der Waals surface area contributed by atoms with Gasteiger partial charge in [0.15, 0.2) is 0 Å². The van der Waals surface area contributed by atoms with Crippen molar-refractivity contribution in [1.29, 1.82) is 0 Å². The van der Waals surface area contributed by atoms with Gasteiger partial charge in [-0.15, -0.1) is 0 Å². The van der Waals surface area contributed by atoms with E-state index >= 15 is 0 Å². The highest BCUT2D eigenvalue weighted by atomic mass is 16.2. The second kappa shape index (κ2) is 10.3. The lowest BCUT2D eigenvalue weighted by Crippen LogP contribution is -2.43. The molecule has 0 unspecified atom stereocenters. The lowest BCUT2D eigenvalue weighted by Gasteiger charge is -2.30. The van der Waals surface area contributed by atoms with Gasteiger partial charge >= 0.3 is 0 Å². The van der Waals surface area contributed by atoms with Crippen LogP contribution in [0.4, 0.5) is 0 Å². The normalized spacial score (nSPS) is 15.1. The van der Waals surface area contributed by atoms with E-state index in [4.69, 9.17) is 0 Å². The number of piperidine rings is 1. The smallest absolute Gasteiger partial charge is 0.243 e. The van der Waals surface area contributed by atoms with Crippen LogP contribution in [-0.4, -0.2) is 40.7 Å². The molecule has 1 N–H and O–H groups in total. The van der Waals surface area contributed by atoms with E-state index in [-0.39, 0.29) is 23.6 Å². The molecule has 0 spiro atoms. The average molecular weight is 391 g/mol. The monoisotopic (exact) mass is 391 g/mol. The van der Waals surface area contributed by atoms with E-state index in [1.165, 1.54) is 11.0 Å². The van der Waals surface area contributed by atoms with E-state index in [1.54, 1.807) is 18.5 Å². The van der Waals surface area contributed by atoms with Crippen LogP contribution in [0, 0.1) is 0 Å². The fourth-order valence-electron chi connectivity index (χ4n) is 3.38. The fraction of sp³-hybridized carbons (Fsp3) is 0.304. The standard InChI is InChI=1S/C23H25N3O3/c27-21(11-10-18-7-6-12-24-17-18)25-13-4-5-14-26-22(28)15-20(16-23(26)29)19-8-2-1-3-9-19/h1-3,6-12,17,20H,4-5,13-16H2,(H,25,27)/b11-10+. The molecular weight excluding hydrogens is 366 g/mol. The summed E-state index contributed by atoms with van der Waals surface area (Å²) in [5.74, 6) is -0.430. The Morgan fingerprint density at radius 2 is 1.83 bits per heavy atom. The zero-order chi connectivity index (χ0) is 20.5. The number of unbranched alkanes of at least 4 members (excludes halogenated alkanes) is 1. The van der Waals surface area contributed by atoms with Gasteiger partial charge in [-0.1, -0.05) is 36.4 Å². The van der Waals surface area contributed by atoms with Gasteiger partial charge in [0.25, 0.3) is 0 Å². The third-order valence-corrected chi connectivity index (χ3v) is 4.93. The topological polar surface area (TPSA) is 79.4 Å². The van der Waals surface area contributed by atoms with Crippen molar-refractivity contribution in [2.75, 3.05) is 13.1 Å². The number of amides is 3. The Morgan fingerprint density at radius 3 is 2.52 bits per heavy atom. The molecule has 0 aliphatic carbocycles. The number of carbonyl (C=O) groups is 3. The van der Waals surface area contributed by atoms with E-state index in [2.05, 4.69) is 10.3 Å². The van der Waals surface area contributed by atoms with Crippen molar-refractivity contribution < 1.29 is 14.4 Å². The zero-order valence-electron chi connectivity index (χ0n) is 16.3. The Hall–Kier alpha value is -3.28. The molecule has 0 radical (unpaired) electrons. The molecule has 2 heterocycles. The van der Waals surface area contributed by atoms with Crippen LogP contribution in [-0.2, 0) is 14.4 Å². The molecule has 0 saturated carbocycles. The summed E-state index contributed by atoms with van der Waals surface area (Å²) in [5.41, 5.74) is 1.90. The van der Waals surface area contributed by atoms with Crippen molar-refractivity contribution in [2.24, 2.45) is 0 Å². The number of nitrogens with zero attached hydrogens (tertiary/aromatic N) is 2. The summed E-state index contributed by atoms with van der Waals surface area (Å²) in [6.07, 6.45) is 8.63. The lowest BCUT2D eigenvalue weighted by molar-refractivity contribution is -0.148. The first-order chi connectivity index (χ1) is 14.1. The van der Waals surface area contributed by atoms with Crippen LogP contribution in [0.1, 0.15) is 42.7 Å². The molecule has 6 heteroatoms. The van der Waals surface area contributed by atoms with E-state index in [1.807, 2.05) is 42.5 Å². The number of benzene rings is 1. The maximum Gasteiger partial charge on any atom is 0.243 e. The quantitative estimate of drug-likeness (QED) is 0.426. The average Bonchev–Trinajstić information content (AvgIpc) is 2.75. The zero-order valence-corrected chi connectivity index (χ0v) is 16.3. The van der Waals surface area contributed by atoms with Gasteiger partial charge < -0.3 is 5.32 Å². The number of rotatable bonds is 8. The van der Waals surface area contributed by atoms with Crippen molar-refractivity contribution >= 4 is 23.8 Å². The lowest BCUT2D eigenvalue weighted by atomic mass is 9.88. The molecule has 1 aromatic heterocycles. The highest BCUT2D eigenvalue weighted by Gasteiger charge is 2.32. The molecule has 1 aromatic carbocycles. The summed E-state index contributed by atoms with van der Waals surface area (Å²) in [4.78, 5) is 42.0. The van der Waals surface area contributed by atoms with Gasteiger partial charge in [-0.3, -0.25) is 24.3 Å². The van der Waals surface area contributed by atoms with E-state index in [0.29, 0.717) is 38.8 Å². The minimum atomic E-state index is -0.176. The Bertz CT molecular complexity index is 847. The second-order valence-electron chi connectivity index (χ2n) is 7.07. The molecule has 1 aliphatic heterocycles. The third-order valence-electron chi connectivity index (χ3n) is 4.93. The summed E-state index contributed by atoms with van der Waals surface area (Å²) in [5, 5.41) is 2.81. The van der Waals surface area contributed by atoms with Gasteiger partial charge in [0, 0.05) is 50.3 Å². The molecule has 1 saturated heterocycles. The molecule has 6 nitrogen and oxygen atoms in total. The fourth-order valence-corrected chi connectivity index (χ4v) is 3.38. The van der Waals surface area contributed by atoms with Gasteiger partial charge in [0.05, 0.1) is 0 Å². The van der Waals surface area contributed by atoms with Crippen LogP contribution in [0.3, 0.4) is 0 Å². The van der Waals surface area contributed by atoms with Crippen molar-refractivity contribution in [2.45, 2.75) is 31.6 Å². The molecule has 0 bridgehead atoms. The number of carbonyl (C=O) groups excluding carboxylic acids is 3. The van der Waals surface area contributed by atoms with Gasteiger partial charge in [0.1, 0.15) is 0 Å². The maximum atomic E-state index is 12.4. The first kappa shape index (κ1) is 20.5. The Labute approximate surface area is 170 Å². The van der Waals surface area contributed by atoms with Crippen LogP contribution in [0.15, 0.2) is 60.9 Å². The minimum Gasteiger partial charge on any atom is -0.353 e. The minimum absolute atomic E-state index is 0.0293. The summed E-state index contributed by atoms with van der Waals surface area (Å²) >= 11 is 0.